The summed E-state index contributed by atoms with van der Waals surface area (Å²) in [7, 11) is 2.21. The van der Waals surface area contributed by atoms with Gasteiger partial charge in [0.1, 0.15) is 5.82 Å². The van der Waals surface area contributed by atoms with E-state index in [9.17, 15) is 0 Å². The van der Waals surface area contributed by atoms with Gasteiger partial charge in [0, 0.05) is 37.6 Å². The van der Waals surface area contributed by atoms with Gasteiger partial charge in [0.25, 0.3) is 0 Å². The third-order valence-corrected chi connectivity index (χ3v) is 4.89. The number of para-hydroxylation sites is 1. The predicted octanol–water partition coefficient (Wildman–Crippen LogP) is 2.85. The zero-order chi connectivity index (χ0) is 13.7. The highest BCUT2D eigenvalue weighted by molar-refractivity contribution is 5.96. The molecule has 0 saturated carbocycles. The molecule has 5 rings (SSSR count). The molecule has 0 amide bonds. The molecular weight excluding hydrogens is 246 g/mol. The molecular formula is C17H21N3. The van der Waals surface area contributed by atoms with Crippen LogP contribution in [0.4, 0.5) is 5.82 Å². The highest BCUT2D eigenvalue weighted by Gasteiger charge is 2.35. The summed E-state index contributed by atoms with van der Waals surface area (Å²) in [5.41, 5.74) is 9.84. The first kappa shape index (κ1) is 12.0. The number of piperidine rings is 1. The first-order valence-electron chi connectivity index (χ1n) is 7.54. The summed E-state index contributed by atoms with van der Waals surface area (Å²) >= 11 is 0. The fourth-order valence-electron chi connectivity index (χ4n) is 4.05. The number of aromatic nitrogens is 1. The van der Waals surface area contributed by atoms with Gasteiger partial charge < -0.3 is 15.2 Å². The Morgan fingerprint density at radius 3 is 2.85 bits per heavy atom. The van der Waals surface area contributed by atoms with E-state index in [0.717, 1.165) is 5.92 Å². The molecule has 2 aromatic rings. The van der Waals surface area contributed by atoms with Crippen LogP contribution in [0.5, 0.6) is 0 Å². The number of hydrogen-bond acceptors (Lipinski definition) is 2. The minimum atomic E-state index is 0.593. The van der Waals surface area contributed by atoms with Crippen molar-refractivity contribution in [1.29, 1.82) is 0 Å². The van der Waals surface area contributed by atoms with Gasteiger partial charge in [-0.1, -0.05) is 30.4 Å². The Kier molecular flexibility index (Phi) is 2.64. The smallest absolute Gasteiger partial charge is 0.112 e. The topological polar surface area (TPSA) is 34.2 Å². The van der Waals surface area contributed by atoms with Crippen molar-refractivity contribution in [3.05, 3.63) is 35.4 Å². The van der Waals surface area contributed by atoms with Crippen LogP contribution in [0, 0.1) is 0 Å². The van der Waals surface area contributed by atoms with E-state index in [1.165, 1.54) is 48.2 Å². The maximum Gasteiger partial charge on any atom is 0.112 e. The molecule has 3 nitrogen and oxygen atoms in total. The molecule has 2 bridgehead atoms. The van der Waals surface area contributed by atoms with E-state index < -0.39 is 0 Å². The molecule has 0 unspecified atom stereocenters. The van der Waals surface area contributed by atoms with Crippen LogP contribution in [0.2, 0.25) is 0 Å². The highest BCUT2D eigenvalue weighted by atomic mass is 15.3. The van der Waals surface area contributed by atoms with Crippen molar-refractivity contribution in [2.24, 2.45) is 12.8 Å². The largest absolute Gasteiger partial charge is 0.358 e. The molecule has 4 heterocycles. The number of aryl methyl sites for hydroxylation is 1. The Hall–Kier alpha value is -1.74. The van der Waals surface area contributed by atoms with Gasteiger partial charge in [0.05, 0.1) is 5.52 Å². The monoisotopic (exact) mass is 267 g/mol. The zero-order valence-electron chi connectivity index (χ0n) is 12.0. The van der Waals surface area contributed by atoms with Crippen molar-refractivity contribution in [1.82, 2.24) is 4.57 Å². The van der Waals surface area contributed by atoms with Crippen molar-refractivity contribution in [2.75, 3.05) is 24.5 Å². The summed E-state index contributed by atoms with van der Waals surface area (Å²) in [6.45, 7) is 3.03. The lowest BCUT2D eigenvalue weighted by Crippen LogP contribution is -2.39. The number of benzene rings is 1. The number of hydrogen-bond donors (Lipinski definition) is 1. The molecule has 20 heavy (non-hydrogen) atoms. The third kappa shape index (κ3) is 1.50. The zero-order valence-corrected chi connectivity index (χ0v) is 12.0. The van der Waals surface area contributed by atoms with Crippen molar-refractivity contribution >= 4 is 22.8 Å². The van der Waals surface area contributed by atoms with Crippen LogP contribution in [0.1, 0.15) is 29.9 Å². The number of nitrogens with two attached hydrogens (primary N) is 1. The fourth-order valence-corrected chi connectivity index (χ4v) is 4.05. The summed E-state index contributed by atoms with van der Waals surface area (Å²) in [5.74, 6) is 2.21. The van der Waals surface area contributed by atoms with Gasteiger partial charge >= 0.3 is 0 Å². The number of fused-ring (bicyclic) bond motifs is 3. The average molecular weight is 267 g/mol. The van der Waals surface area contributed by atoms with E-state index in [2.05, 4.69) is 40.8 Å². The Morgan fingerprint density at radius 1 is 1.30 bits per heavy atom. The van der Waals surface area contributed by atoms with E-state index >= 15 is 0 Å². The van der Waals surface area contributed by atoms with E-state index in [-0.39, 0.29) is 0 Å². The lowest BCUT2D eigenvalue weighted by molar-refractivity contribution is 0.469. The number of anilines is 1. The minimum absolute atomic E-state index is 0.593. The van der Waals surface area contributed by atoms with Crippen molar-refractivity contribution < 1.29 is 0 Å². The minimum Gasteiger partial charge on any atom is -0.358 e. The van der Waals surface area contributed by atoms with Crippen LogP contribution in [-0.2, 0) is 7.05 Å². The molecule has 3 aliphatic heterocycles. The maximum absolute atomic E-state index is 5.61. The van der Waals surface area contributed by atoms with Crippen LogP contribution in [0.3, 0.4) is 0 Å². The second-order valence-corrected chi connectivity index (χ2v) is 5.94. The molecule has 0 radical (unpaired) electrons. The van der Waals surface area contributed by atoms with E-state index in [1.807, 2.05) is 6.08 Å². The Bertz CT molecular complexity index is 688. The van der Waals surface area contributed by atoms with Crippen LogP contribution in [-0.4, -0.2) is 24.2 Å². The van der Waals surface area contributed by atoms with Gasteiger partial charge in [0.15, 0.2) is 0 Å². The number of nitrogens with zero attached hydrogens (tertiary/aromatic N) is 2. The Labute approximate surface area is 119 Å². The molecule has 0 aliphatic carbocycles. The van der Waals surface area contributed by atoms with Gasteiger partial charge in [-0.3, -0.25) is 0 Å². The van der Waals surface area contributed by atoms with E-state index in [0.29, 0.717) is 6.54 Å². The summed E-state index contributed by atoms with van der Waals surface area (Å²) in [6.07, 6.45) is 6.82. The molecule has 3 heteroatoms. The van der Waals surface area contributed by atoms with Crippen LogP contribution in [0.15, 0.2) is 24.3 Å². The first-order chi connectivity index (χ1) is 9.81. The molecule has 104 valence electrons. The quantitative estimate of drug-likeness (QED) is 0.908. The summed E-state index contributed by atoms with van der Waals surface area (Å²) < 4.78 is 2.40. The normalized spacial score (nSPS) is 18.4. The van der Waals surface area contributed by atoms with Gasteiger partial charge in [-0.2, -0.15) is 0 Å². The molecule has 1 aromatic heterocycles. The second-order valence-electron chi connectivity index (χ2n) is 5.94. The second kappa shape index (κ2) is 4.38. The SMILES string of the molecule is Cn1c2c(c3cccc(/C=C/CN)c31)C1CCN2CC1. The summed E-state index contributed by atoms with van der Waals surface area (Å²) in [6, 6.07) is 6.66. The molecule has 0 atom stereocenters. The Morgan fingerprint density at radius 2 is 2.10 bits per heavy atom. The summed E-state index contributed by atoms with van der Waals surface area (Å²) in [5, 5.41) is 1.44. The third-order valence-electron chi connectivity index (χ3n) is 4.89. The van der Waals surface area contributed by atoms with Gasteiger partial charge in [-0.05, 0) is 24.3 Å². The van der Waals surface area contributed by atoms with Crippen LogP contribution >= 0.6 is 0 Å². The maximum atomic E-state index is 5.61. The van der Waals surface area contributed by atoms with E-state index in [4.69, 9.17) is 5.73 Å². The molecule has 1 saturated heterocycles. The highest BCUT2D eigenvalue weighted by Crippen LogP contribution is 2.47. The van der Waals surface area contributed by atoms with Gasteiger partial charge in [0.2, 0.25) is 0 Å². The van der Waals surface area contributed by atoms with Crippen LogP contribution in [0.25, 0.3) is 17.0 Å². The first-order valence-corrected chi connectivity index (χ1v) is 7.54. The van der Waals surface area contributed by atoms with Gasteiger partial charge in [-0.15, -0.1) is 0 Å². The van der Waals surface area contributed by atoms with Crippen molar-refractivity contribution in [2.45, 2.75) is 18.8 Å². The van der Waals surface area contributed by atoms with E-state index in [1.54, 1.807) is 5.56 Å². The number of rotatable bonds is 2. The molecule has 2 N–H and O–H groups in total. The molecule has 1 aromatic carbocycles. The van der Waals surface area contributed by atoms with Crippen molar-refractivity contribution in [3.8, 4) is 0 Å². The van der Waals surface area contributed by atoms with Crippen LogP contribution < -0.4 is 10.6 Å². The lowest BCUT2D eigenvalue weighted by Gasteiger charge is -2.41. The molecule has 0 spiro atoms. The fraction of sp³-hybridized carbons (Fsp3) is 0.412. The van der Waals surface area contributed by atoms with Crippen molar-refractivity contribution in [3.63, 3.8) is 0 Å². The predicted molar refractivity (Wildman–Crippen MR) is 85.2 cm³/mol. The van der Waals surface area contributed by atoms with Gasteiger partial charge in [-0.25, -0.2) is 0 Å². The molecule has 3 aliphatic rings. The lowest BCUT2D eigenvalue weighted by atomic mass is 9.84. The molecule has 1 fully saturated rings. The average Bonchev–Trinajstić information content (AvgIpc) is 2.83. The Balaban J connectivity index is 2.03. The standard InChI is InChI=1S/C17H21N3/c1-19-16-13(5-3-9-18)4-2-6-14(16)15-12-7-10-20(11-8-12)17(15)19/h2-6,12H,7-11,18H2,1H3/b5-3+. The summed E-state index contributed by atoms with van der Waals surface area (Å²) in [4.78, 5) is 2.56.